The average molecular weight is 261 g/mol. The first kappa shape index (κ1) is 12.6. The average Bonchev–Trinajstić information content (AvgIpc) is 2.39. The van der Waals surface area contributed by atoms with E-state index in [0.29, 0.717) is 0 Å². The number of rotatable bonds is 3. The van der Waals surface area contributed by atoms with E-state index in [1.807, 2.05) is 0 Å². The second-order valence-corrected chi connectivity index (χ2v) is 3.51. The van der Waals surface area contributed by atoms with Crippen molar-refractivity contribution in [2.45, 2.75) is 0 Å². The minimum absolute atomic E-state index is 0.0214. The number of carbonyl (C=O) groups excluding carboxylic acids is 1. The van der Waals surface area contributed by atoms with Gasteiger partial charge in [0.1, 0.15) is 5.82 Å². The van der Waals surface area contributed by atoms with Crippen LogP contribution in [-0.2, 0) is 0 Å². The molecule has 2 aromatic heterocycles. The molecule has 1 amide bonds. The Bertz CT molecular complexity index is 646. The van der Waals surface area contributed by atoms with Crippen LogP contribution < -0.4 is 5.32 Å². The fourth-order valence-electron chi connectivity index (χ4n) is 1.36. The summed E-state index contributed by atoms with van der Waals surface area (Å²) >= 11 is 0. The molecule has 2 N–H and O–H groups in total. The molecule has 0 saturated carbocycles. The van der Waals surface area contributed by atoms with Crippen molar-refractivity contribution in [2.75, 3.05) is 5.32 Å². The number of hydrogen-bond donors (Lipinski definition) is 2. The molecular weight excluding hydrogens is 253 g/mol. The maximum atomic E-state index is 13.3. The summed E-state index contributed by atoms with van der Waals surface area (Å²) in [5, 5.41) is 11.1. The Hall–Kier alpha value is -2.83. The summed E-state index contributed by atoms with van der Waals surface area (Å²) in [6, 6.07) is 6.78. The molecule has 96 valence electrons. The fourth-order valence-corrected chi connectivity index (χ4v) is 1.36. The minimum Gasteiger partial charge on any atom is -0.477 e. The smallest absolute Gasteiger partial charge is 0.354 e. The van der Waals surface area contributed by atoms with Crippen molar-refractivity contribution in [3.8, 4) is 0 Å². The summed E-state index contributed by atoms with van der Waals surface area (Å²) in [6.45, 7) is 0. The van der Waals surface area contributed by atoms with Crippen molar-refractivity contribution in [3.63, 3.8) is 0 Å². The van der Waals surface area contributed by atoms with Crippen LogP contribution >= 0.6 is 0 Å². The topological polar surface area (TPSA) is 92.2 Å². The summed E-state index contributed by atoms with van der Waals surface area (Å²) in [5.41, 5.74) is -0.463. The Kier molecular flexibility index (Phi) is 3.46. The highest BCUT2D eigenvalue weighted by Crippen LogP contribution is 2.09. The lowest BCUT2D eigenvalue weighted by atomic mass is 10.2. The Balaban J connectivity index is 2.22. The van der Waals surface area contributed by atoms with Gasteiger partial charge in [0, 0.05) is 6.20 Å². The molecular formula is C12H8FN3O3. The summed E-state index contributed by atoms with van der Waals surface area (Å²) in [5.74, 6) is -2.85. The van der Waals surface area contributed by atoms with Gasteiger partial charge in [-0.15, -0.1) is 0 Å². The van der Waals surface area contributed by atoms with Gasteiger partial charge < -0.3 is 10.4 Å². The molecule has 7 heteroatoms. The third kappa shape index (κ3) is 2.89. The molecule has 2 rings (SSSR count). The number of halogens is 1. The van der Waals surface area contributed by atoms with Gasteiger partial charge in [-0.05, 0) is 24.3 Å². The molecule has 0 fully saturated rings. The van der Waals surface area contributed by atoms with Gasteiger partial charge in [-0.3, -0.25) is 4.79 Å². The van der Waals surface area contributed by atoms with Gasteiger partial charge in [-0.2, -0.15) is 4.39 Å². The zero-order valence-electron chi connectivity index (χ0n) is 9.50. The number of hydrogen-bond acceptors (Lipinski definition) is 4. The molecule has 0 saturated heterocycles. The third-order valence-corrected chi connectivity index (χ3v) is 2.21. The molecule has 0 unspecified atom stereocenters. The molecule has 0 bridgehead atoms. The van der Waals surface area contributed by atoms with Gasteiger partial charge in [0.05, 0.1) is 5.56 Å². The van der Waals surface area contributed by atoms with Gasteiger partial charge in [0.2, 0.25) is 5.95 Å². The van der Waals surface area contributed by atoms with Crippen molar-refractivity contribution >= 4 is 17.7 Å². The molecule has 0 aromatic carbocycles. The molecule has 0 spiro atoms. The first-order valence-electron chi connectivity index (χ1n) is 5.20. The predicted molar refractivity (Wildman–Crippen MR) is 63.3 cm³/mol. The number of pyridine rings is 2. The van der Waals surface area contributed by atoms with E-state index in [-0.39, 0.29) is 17.1 Å². The van der Waals surface area contributed by atoms with E-state index in [9.17, 15) is 14.0 Å². The molecule has 0 aliphatic heterocycles. The van der Waals surface area contributed by atoms with Crippen molar-refractivity contribution < 1.29 is 19.1 Å². The molecule has 19 heavy (non-hydrogen) atoms. The normalized spacial score (nSPS) is 9.95. The third-order valence-electron chi connectivity index (χ3n) is 2.21. The van der Waals surface area contributed by atoms with Gasteiger partial charge in [0.25, 0.3) is 5.91 Å². The van der Waals surface area contributed by atoms with Gasteiger partial charge >= 0.3 is 5.97 Å². The van der Waals surface area contributed by atoms with Crippen LogP contribution in [0.5, 0.6) is 0 Å². The SMILES string of the molecule is O=C(O)c1cccc(NC(=O)c2cccnc2F)n1. The van der Waals surface area contributed by atoms with Crippen molar-refractivity contribution in [1.82, 2.24) is 9.97 Å². The number of aromatic nitrogens is 2. The van der Waals surface area contributed by atoms with Crippen LogP contribution in [0.4, 0.5) is 10.2 Å². The van der Waals surface area contributed by atoms with E-state index in [1.54, 1.807) is 0 Å². The van der Waals surface area contributed by atoms with Crippen molar-refractivity contribution in [2.24, 2.45) is 0 Å². The van der Waals surface area contributed by atoms with E-state index in [1.165, 1.54) is 36.5 Å². The second-order valence-electron chi connectivity index (χ2n) is 3.51. The molecule has 2 aromatic rings. The van der Waals surface area contributed by atoms with Crippen LogP contribution in [0.15, 0.2) is 36.5 Å². The largest absolute Gasteiger partial charge is 0.477 e. The number of amides is 1. The number of nitrogens with one attached hydrogen (secondary N) is 1. The van der Waals surface area contributed by atoms with Crippen LogP contribution in [-0.4, -0.2) is 27.0 Å². The quantitative estimate of drug-likeness (QED) is 0.818. The molecule has 0 atom stereocenters. The monoisotopic (exact) mass is 261 g/mol. The number of carboxylic acids is 1. The van der Waals surface area contributed by atoms with Crippen molar-refractivity contribution in [3.05, 3.63) is 53.7 Å². The summed E-state index contributed by atoms with van der Waals surface area (Å²) < 4.78 is 13.3. The van der Waals surface area contributed by atoms with E-state index in [2.05, 4.69) is 15.3 Å². The zero-order chi connectivity index (χ0) is 13.8. The lowest BCUT2D eigenvalue weighted by molar-refractivity contribution is 0.0690. The predicted octanol–water partition coefficient (Wildman–Crippen LogP) is 1.57. The fraction of sp³-hybridized carbons (Fsp3) is 0. The molecule has 0 aliphatic carbocycles. The maximum Gasteiger partial charge on any atom is 0.354 e. The lowest BCUT2D eigenvalue weighted by Gasteiger charge is -2.05. The van der Waals surface area contributed by atoms with Crippen LogP contribution in [0.25, 0.3) is 0 Å². The standard InChI is InChI=1S/C12H8FN3O3/c13-10-7(3-2-6-14-10)11(17)16-9-5-1-4-8(15-9)12(18)19/h1-6H,(H,18,19)(H,15,16,17). The number of carbonyl (C=O) groups is 2. The van der Waals surface area contributed by atoms with Gasteiger partial charge in [-0.1, -0.05) is 6.07 Å². The van der Waals surface area contributed by atoms with Gasteiger partial charge in [0.15, 0.2) is 5.69 Å². The van der Waals surface area contributed by atoms with Crippen LogP contribution in [0.1, 0.15) is 20.8 Å². The zero-order valence-corrected chi connectivity index (χ0v) is 9.50. The number of aromatic carboxylic acids is 1. The van der Waals surface area contributed by atoms with E-state index in [4.69, 9.17) is 5.11 Å². The summed E-state index contributed by atoms with van der Waals surface area (Å²) in [6.07, 6.45) is 1.22. The number of nitrogens with zero attached hydrogens (tertiary/aromatic N) is 2. The van der Waals surface area contributed by atoms with Crippen molar-refractivity contribution in [1.29, 1.82) is 0 Å². The van der Waals surface area contributed by atoms with Crippen LogP contribution in [0.3, 0.4) is 0 Å². The van der Waals surface area contributed by atoms with E-state index < -0.39 is 17.8 Å². The first-order valence-corrected chi connectivity index (χ1v) is 5.20. The highest BCUT2D eigenvalue weighted by atomic mass is 19.1. The molecule has 6 nitrogen and oxygen atoms in total. The Morgan fingerprint density at radius 1 is 1.21 bits per heavy atom. The second kappa shape index (κ2) is 5.21. The minimum atomic E-state index is -1.22. The molecule has 0 radical (unpaired) electrons. The maximum absolute atomic E-state index is 13.3. The lowest BCUT2D eigenvalue weighted by Crippen LogP contribution is -2.16. The number of carboxylic acid groups (broad SMARTS) is 1. The number of anilines is 1. The highest BCUT2D eigenvalue weighted by Gasteiger charge is 2.13. The summed E-state index contributed by atoms with van der Waals surface area (Å²) in [7, 11) is 0. The highest BCUT2D eigenvalue weighted by molar-refractivity contribution is 6.03. The Morgan fingerprint density at radius 3 is 2.68 bits per heavy atom. The van der Waals surface area contributed by atoms with Crippen LogP contribution in [0, 0.1) is 5.95 Å². The first-order chi connectivity index (χ1) is 9.08. The van der Waals surface area contributed by atoms with Crippen LogP contribution in [0.2, 0.25) is 0 Å². The molecule has 2 heterocycles. The Labute approximate surface area is 106 Å². The van der Waals surface area contributed by atoms with E-state index >= 15 is 0 Å². The Morgan fingerprint density at radius 2 is 2.00 bits per heavy atom. The van der Waals surface area contributed by atoms with Gasteiger partial charge in [-0.25, -0.2) is 14.8 Å². The summed E-state index contributed by atoms with van der Waals surface area (Å²) in [4.78, 5) is 29.5. The molecule has 0 aliphatic rings. The van der Waals surface area contributed by atoms with E-state index in [0.717, 1.165) is 0 Å².